The maximum atomic E-state index is 5.84. The van der Waals surface area contributed by atoms with E-state index in [1.807, 2.05) is 134 Å². The molecule has 2 N–H and O–H groups in total. The summed E-state index contributed by atoms with van der Waals surface area (Å²) in [6.45, 7) is 0. The summed E-state index contributed by atoms with van der Waals surface area (Å²) in [6, 6.07) is 32.2. The summed E-state index contributed by atoms with van der Waals surface area (Å²) in [5, 5.41) is 78.8. The van der Waals surface area contributed by atoms with Crippen LogP contribution < -0.4 is 0 Å². The van der Waals surface area contributed by atoms with Crippen LogP contribution in [0.15, 0.2) is 198 Å². The summed E-state index contributed by atoms with van der Waals surface area (Å²) >= 11 is 0. The Bertz CT molecular complexity index is 5770. The highest BCUT2D eigenvalue weighted by molar-refractivity contribution is 6.25. The minimum atomic E-state index is 0.234. The topological polar surface area (TPSA) is 355 Å². The summed E-state index contributed by atoms with van der Waals surface area (Å²) in [5.41, 5.74) is 8.78. The Morgan fingerprint density at radius 3 is 0.521 bits per heavy atom. The van der Waals surface area contributed by atoms with Crippen molar-refractivity contribution in [3.05, 3.63) is 198 Å². The molecular formula is C64H34N32. The molecule has 0 radical (unpaired) electrons. The van der Waals surface area contributed by atoms with Gasteiger partial charge in [-0.2, -0.15) is 0 Å². The van der Waals surface area contributed by atoms with Crippen molar-refractivity contribution in [1.29, 1.82) is 0 Å². The van der Waals surface area contributed by atoms with Gasteiger partial charge in [0, 0.05) is 43.1 Å². The molecule has 0 saturated carbocycles. The second-order valence-electron chi connectivity index (χ2n) is 22.5. The zero-order valence-electron chi connectivity index (χ0n) is 48.9. The third kappa shape index (κ3) is 7.12. The molecule has 32 nitrogen and oxygen atoms in total. The van der Waals surface area contributed by atoms with Gasteiger partial charge in [-0.05, 0) is 0 Å². The molecule has 0 atom stereocenters. The molecule has 96 heavy (non-hydrogen) atoms. The minimum Gasteiger partial charge on any atom is -0.324 e. The van der Waals surface area contributed by atoms with Crippen LogP contribution in [0.5, 0.6) is 0 Å². The van der Waals surface area contributed by atoms with E-state index in [0.29, 0.717) is 112 Å². The van der Waals surface area contributed by atoms with Crippen molar-refractivity contribution in [3.8, 4) is 91.1 Å². The van der Waals surface area contributed by atoms with Crippen LogP contribution in [-0.4, -0.2) is 158 Å². The maximum Gasteiger partial charge on any atom is 0.166 e. The number of H-pyrrole nitrogens is 2. The van der Waals surface area contributed by atoms with E-state index in [1.54, 1.807) is 101 Å². The first kappa shape index (κ1) is 51.1. The van der Waals surface area contributed by atoms with Crippen molar-refractivity contribution >= 4 is 87.2 Å². The lowest BCUT2D eigenvalue weighted by Gasteiger charge is -2.18. The quantitative estimate of drug-likeness (QED) is 0.145. The Hall–Kier alpha value is -14.7. The van der Waals surface area contributed by atoms with Gasteiger partial charge in [0.15, 0.2) is 23.3 Å². The Morgan fingerprint density at radius 2 is 0.344 bits per heavy atom. The van der Waals surface area contributed by atoms with Crippen LogP contribution in [-0.2, 0) is 0 Å². The van der Waals surface area contributed by atoms with E-state index in [1.165, 1.54) is 0 Å². The first-order chi connectivity index (χ1) is 47.7. The average Bonchev–Trinajstić information content (AvgIpc) is 1.56. The second kappa shape index (κ2) is 19.4. The zero-order valence-corrected chi connectivity index (χ0v) is 48.9. The summed E-state index contributed by atoms with van der Waals surface area (Å²) < 4.78 is 14.9. The van der Waals surface area contributed by atoms with Crippen LogP contribution in [0.2, 0.25) is 0 Å². The lowest BCUT2D eigenvalue weighted by molar-refractivity contribution is 1.05. The largest absolute Gasteiger partial charge is 0.324 e. The lowest BCUT2D eigenvalue weighted by atomic mass is 9.95. The lowest BCUT2D eigenvalue weighted by Crippen LogP contribution is -2.03. The Morgan fingerprint density at radius 1 is 0.188 bits per heavy atom. The van der Waals surface area contributed by atoms with Gasteiger partial charge in [-0.3, -0.25) is 36.5 Å². The van der Waals surface area contributed by atoms with Crippen molar-refractivity contribution in [2.45, 2.75) is 0 Å². The highest BCUT2D eigenvalue weighted by Gasteiger charge is 2.36. The number of fused-ring (bicyclic) bond motifs is 24. The zero-order chi connectivity index (χ0) is 62.7. The molecule has 13 heterocycles. The van der Waals surface area contributed by atoms with Gasteiger partial charge in [-0.25, -0.2) is 29.9 Å². The van der Waals surface area contributed by atoms with Crippen molar-refractivity contribution in [1.82, 2.24) is 158 Å². The number of hydrogen-bond donors (Lipinski definition) is 2. The van der Waals surface area contributed by atoms with Gasteiger partial charge in [0.1, 0.15) is 124 Å². The molecule has 0 saturated heterocycles. The SMILES string of the molecule is c1ccc2c(-n3cnnc3)c3c(c(-n4cnnc4)c2c1)-c1nc-3nc2[nH]c(nc3nc(nc4[nH]c(n1)c1c(-n5cnnc5)c5ccccc5c(-n5cnnc5)c41)-c1c-3c(-n3cnnc3)c3ccccc3c1-n1cnnc1)c1c(-n3cnnc3)c3ccccc3c(-n3cnnc3)c21. The molecule has 8 bridgehead atoms. The van der Waals surface area contributed by atoms with Gasteiger partial charge in [0.25, 0.3) is 0 Å². The van der Waals surface area contributed by atoms with Gasteiger partial charge in [-0.15, -0.1) is 81.6 Å². The first-order valence-electron chi connectivity index (χ1n) is 29.6. The molecule has 11 aromatic heterocycles. The third-order valence-corrected chi connectivity index (χ3v) is 17.7. The van der Waals surface area contributed by atoms with Crippen molar-refractivity contribution in [3.63, 3.8) is 0 Å². The molecule has 2 aliphatic heterocycles. The summed E-state index contributed by atoms with van der Waals surface area (Å²) in [6.07, 6.45) is 26.4. The summed E-state index contributed by atoms with van der Waals surface area (Å²) in [7, 11) is 0. The summed E-state index contributed by atoms with van der Waals surface area (Å²) in [5.74, 6) is 0.936. The van der Waals surface area contributed by atoms with E-state index >= 15 is 0 Å². The normalized spacial score (nSPS) is 12.2. The minimum absolute atomic E-state index is 0.234. The molecule has 450 valence electrons. The number of aromatic nitrogens is 32. The molecule has 0 aliphatic carbocycles. The van der Waals surface area contributed by atoms with Crippen LogP contribution in [0, 0.1) is 0 Å². The van der Waals surface area contributed by atoms with Crippen LogP contribution in [0.25, 0.3) is 178 Å². The van der Waals surface area contributed by atoms with E-state index < -0.39 is 0 Å². The van der Waals surface area contributed by atoms with Crippen LogP contribution in [0.3, 0.4) is 0 Å². The molecule has 32 heteroatoms. The summed E-state index contributed by atoms with van der Waals surface area (Å²) in [4.78, 5) is 42.4. The predicted octanol–water partition coefficient (Wildman–Crippen LogP) is 8.13. The van der Waals surface area contributed by atoms with Crippen molar-refractivity contribution < 1.29 is 0 Å². The van der Waals surface area contributed by atoms with Crippen LogP contribution in [0.4, 0.5) is 0 Å². The predicted molar refractivity (Wildman–Crippen MR) is 345 cm³/mol. The smallest absolute Gasteiger partial charge is 0.166 e. The fraction of sp³-hybridized carbons (Fsp3) is 0. The monoisotopic (exact) mass is 1250 g/mol. The molecule has 21 rings (SSSR count). The van der Waals surface area contributed by atoms with E-state index in [-0.39, 0.29) is 23.3 Å². The Kier molecular flexibility index (Phi) is 10.3. The molecule has 2 aliphatic rings. The maximum absolute atomic E-state index is 5.84. The molecule has 0 amide bonds. The van der Waals surface area contributed by atoms with Gasteiger partial charge >= 0.3 is 0 Å². The highest BCUT2D eigenvalue weighted by atomic mass is 15.3. The van der Waals surface area contributed by atoms with E-state index in [2.05, 4.69) is 91.5 Å². The van der Waals surface area contributed by atoms with E-state index in [0.717, 1.165) is 43.1 Å². The third-order valence-electron chi connectivity index (χ3n) is 17.7. The number of nitrogens with one attached hydrogen (secondary N) is 2. The van der Waals surface area contributed by atoms with Gasteiger partial charge in [-0.1, -0.05) is 97.1 Å². The number of aromatic amines is 2. The first-order valence-corrected chi connectivity index (χ1v) is 29.6. The number of benzene rings is 8. The fourth-order valence-electron chi connectivity index (χ4n) is 14.1. The van der Waals surface area contributed by atoms with E-state index in [4.69, 9.17) is 29.9 Å². The molecule has 0 fully saturated rings. The van der Waals surface area contributed by atoms with Gasteiger partial charge in [0.2, 0.25) is 0 Å². The number of rotatable bonds is 8. The Balaban J connectivity index is 1.07. The van der Waals surface area contributed by atoms with E-state index in [9.17, 15) is 0 Å². The fourth-order valence-corrected chi connectivity index (χ4v) is 14.1. The molecule has 8 aromatic carbocycles. The number of nitrogens with zero attached hydrogens (tertiary/aromatic N) is 30. The van der Waals surface area contributed by atoms with Gasteiger partial charge in [0.05, 0.1) is 89.3 Å². The molecule has 0 spiro atoms. The van der Waals surface area contributed by atoms with Crippen molar-refractivity contribution in [2.75, 3.05) is 0 Å². The Labute approximate surface area is 532 Å². The molecular weight excluding hydrogens is 1220 g/mol. The molecule has 19 aromatic rings. The molecule has 0 unspecified atom stereocenters. The average molecular weight is 1250 g/mol. The van der Waals surface area contributed by atoms with Crippen LogP contribution in [0.1, 0.15) is 0 Å². The highest BCUT2D eigenvalue weighted by Crippen LogP contribution is 2.52. The standard InChI is InChI=1S/C64H34N32/c1-2-10-34-33(9-1)49(89-17-65-66-18-89)41-42(50(34)90-19-67-68-20-90)58-81-57(41)85-59-43-44(52(92-23-71-72-24-92)36-12-4-3-11-35(36)51(43)91-21-69-70-22-91)61(82-59)87-63-47-48(56(96-31-79-80-32-96)40-16-8-7-15-39(40)55(47)95-29-77-78-30-95)64(84-63)88-62-46-45(60(83-62)86-58)53(93-25-73-74-26-93)37-13-5-6-14-38(37)54(46)94-27-75-76-28-94/h1-32H,(H2,81,82,83,84,85,86,87,88). The van der Waals surface area contributed by atoms with Gasteiger partial charge < -0.3 is 9.97 Å². The second-order valence-corrected chi connectivity index (χ2v) is 22.5. The van der Waals surface area contributed by atoms with Crippen LogP contribution >= 0.6 is 0 Å². The number of hydrogen-bond acceptors (Lipinski definition) is 22. The van der Waals surface area contributed by atoms with Crippen molar-refractivity contribution in [2.24, 2.45) is 0 Å².